The lowest BCUT2D eigenvalue weighted by Crippen LogP contribution is -2.32. The lowest BCUT2D eigenvalue weighted by atomic mass is 10.2. The number of amides is 1. The summed E-state index contributed by atoms with van der Waals surface area (Å²) in [6, 6.07) is 14.3. The summed E-state index contributed by atoms with van der Waals surface area (Å²) in [5, 5.41) is 20.7. The zero-order valence-corrected chi connectivity index (χ0v) is 10.9. The highest BCUT2D eigenvalue weighted by molar-refractivity contribution is 5.64. The second-order valence-corrected chi connectivity index (χ2v) is 4.11. The van der Waals surface area contributed by atoms with Crippen molar-refractivity contribution in [3.8, 4) is 5.75 Å². The van der Waals surface area contributed by atoms with E-state index in [4.69, 9.17) is 9.94 Å². The molecular formula is C14H12N2O5. The summed E-state index contributed by atoms with van der Waals surface area (Å²) in [5.74, 6) is 0.332. The molecule has 0 heterocycles. The van der Waals surface area contributed by atoms with Gasteiger partial charge >= 0.3 is 6.09 Å². The topological polar surface area (TPSA) is 92.9 Å². The molecule has 0 aliphatic rings. The van der Waals surface area contributed by atoms with Gasteiger partial charge in [0, 0.05) is 6.07 Å². The molecule has 1 amide bonds. The van der Waals surface area contributed by atoms with Crippen molar-refractivity contribution in [2.45, 2.75) is 6.54 Å². The van der Waals surface area contributed by atoms with E-state index in [0.29, 0.717) is 10.8 Å². The maximum Gasteiger partial charge on any atom is 0.441 e. The number of para-hydroxylation sites is 2. The minimum absolute atomic E-state index is 0.152. The first-order chi connectivity index (χ1) is 10.1. The zero-order chi connectivity index (χ0) is 15.2. The van der Waals surface area contributed by atoms with Gasteiger partial charge in [-0.3, -0.25) is 10.1 Å². The van der Waals surface area contributed by atoms with Crippen LogP contribution in [0, 0.1) is 10.1 Å². The van der Waals surface area contributed by atoms with Crippen LogP contribution in [0.15, 0.2) is 54.6 Å². The average molecular weight is 288 g/mol. The van der Waals surface area contributed by atoms with Crippen molar-refractivity contribution in [3.63, 3.8) is 0 Å². The molecule has 0 saturated carbocycles. The molecule has 0 spiro atoms. The highest BCUT2D eigenvalue weighted by Gasteiger charge is 2.20. The minimum Gasteiger partial charge on any atom is -0.463 e. The highest BCUT2D eigenvalue weighted by Crippen LogP contribution is 2.20. The first-order valence-corrected chi connectivity index (χ1v) is 6.03. The number of carbonyl (C=O) groups is 1. The van der Waals surface area contributed by atoms with E-state index in [-0.39, 0.29) is 17.8 Å². The van der Waals surface area contributed by atoms with E-state index >= 15 is 0 Å². The van der Waals surface area contributed by atoms with Crippen molar-refractivity contribution >= 4 is 11.8 Å². The molecular weight excluding hydrogens is 276 g/mol. The number of nitro benzene ring substituents is 1. The van der Waals surface area contributed by atoms with E-state index in [0.717, 1.165) is 0 Å². The normalized spacial score (nSPS) is 9.90. The van der Waals surface area contributed by atoms with Crippen molar-refractivity contribution < 1.29 is 19.7 Å². The molecule has 0 unspecified atom stereocenters. The Balaban J connectivity index is 2.21. The smallest absolute Gasteiger partial charge is 0.441 e. The Morgan fingerprint density at radius 2 is 1.76 bits per heavy atom. The van der Waals surface area contributed by atoms with E-state index in [1.807, 2.05) is 0 Å². The fraction of sp³-hybridized carbons (Fsp3) is 0.0714. The molecule has 1 N–H and O–H groups in total. The maximum atomic E-state index is 11.2. The molecule has 2 aromatic carbocycles. The van der Waals surface area contributed by atoms with Crippen LogP contribution < -0.4 is 4.84 Å². The van der Waals surface area contributed by atoms with Crippen LogP contribution in [0.25, 0.3) is 0 Å². The number of hydrogen-bond acceptors (Lipinski definition) is 4. The first kappa shape index (κ1) is 14.3. The summed E-state index contributed by atoms with van der Waals surface area (Å²) >= 11 is 0. The number of benzene rings is 2. The van der Waals surface area contributed by atoms with Crippen molar-refractivity contribution in [3.05, 3.63) is 70.3 Å². The molecule has 0 fully saturated rings. The van der Waals surface area contributed by atoms with Crippen LogP contribution in [0.1, 0.15) is 5.56 Å². The van der Waals surface area contributed by atoms with Gasteiger partial charge < -0.3 is 9.94 Å². The Kier molecular flexibility index (Phi) is 4.35. The van der Waals surface area contributed by atoms with E-state index in [9.17, 15) is 14.9 Å². The number of hydrogen-bond donors (Lipinski definition) is 1. The van der Waals surface area contributed by atoms with Gasteiger partial charge in [-0.1, -0.05) is 36.4 Å². The van der Waals surface area contributed by atoms with Crippen LogP contribution in [0.5, 0.6) is 5.75 Å². The number of nitro groups is 1. The van der Waals surface area contributed by atoms with Crippen LogP contribution in [-0.2, 0) is 6.54 Å². The lowest BCUT2D eigenvalue weighted by Gasteiger charge is -2.19. The number of carboxylic acid groups (broad SMARTS) is 1. The van der Waals surface area contributed by atoms with E-state index in [2.05, 4.69) is 0 Å². The zero-order valence-electron chi connectivity index (χ0n) is 10.9. The molecule has 0 aliphatic carbocycles. The standard InChI is InChI=1S/C14H12N2O5/c17-14(18)15(21-12-7-2-1-3-8-12)10-11-6-4-5-9-13(11)16(19)20/h1-9H,10H2,(H,17,18). The van der Waals surface area contributed by atoms with Gasteiger partial charge in [0.2, 0.25) is 0 Å². The van der Waals surface area contributed by atoms with Gasteiger partial charge in [0.25, 0.3) is 5.69 Å². The largest absolute Gasteiger partial charge is 0.463 e. The van der Waals surface area contributed by atoms with Crippen LogP contribution in [0.4, 0.5) is 10.5 Å². The van der Waals surface area contributed by atoms with Gasteiger partial charge in [-0.25, -0.2) is 4.79 Å². The van der Waals surface area contributed by atoms with E-state index < -0.39 is 11.0 Å². The molecule has 0 saturated heterocycles. The van der Waals surface area contributed by atoms with E-state index in [1.165, 1.54) is 18.2 Å². The summed E-state index contributed by atoms with van der Waals surface area (Å²) < 4.78 is 0. The molecule has 0 aliphatic heterocycles. The molecule has 0 atom stereocenters. The molecule has 0 bridgehead atoms. The summed E-state index contributed by atoms with van der Waals surface area (Å²) in [4.78, 5) is 26.8. The predicted octanol–water partition coefficient (Wildman–Crippen LogP) is 3.07. The summed E-state index contributed by atoms with van der Waals surface area (Å²) in [5.41, 5.74) is 0.0984. The predicted molar refractivity (Wildman–Crippen MR) is 73.7 cm³/mol. The molecule has 2 aromatic rings. The third-order valence-electron chi connectivity index (χ3n) is 2.67. The fourth-order valence-electron chi connectivity index (χ4n) is 1.72. The van der Waals surface area contributed by atoms with Crippen molar-refractivity contribution in [1.29, 1.82) is 0 Å². The van der Waals surface area contributed by atoms with Gasteiger partial charge in [-0.05, 0) is 12.1 Å². The Morgan fingerprint density at radius 1 is 1.14 bits per heavy atom. The van der Waals surface area contributed by atoms with Crippen LogP contribution in [0.2, 0.25) is 0 Å². The maximum absolute atomic E-state index is 11.2. The SMILES string of the molecule is O=C(O)N(Cc1ccccc1[N+](=O)[O-])Oc1ccccc1. The first-order valence-electron chi connectivity index (χ1n) is 6.03. The van der Waals surface area contributed by atoms with Gasteiger partial charge in [0.15, 0.2) is 5.75 Å². The van der Waals surface area contributed by atoms with Crippen molar-refractivity contribution in [2.75, 3.05) is 0 Å². The van der Waals surface area contributed by atoms with Crippen molar-refractivity contribution in [2.24, 2.45) is 0 Å². The van der Waals surface area contributed by atoms with Gasteiger partial charge in [0.1, 0.15) is 0 Å². The monoisotopic (exact) mass is 288 g/mol. The Hall–Kier alpha value is -3.09. The van der Waals surface area contributed by atoms with Gasteiger partial charge in [-0.2, -0.15) is 0 Å². The summed E-state index contributed by atoms with van der Waals surface area (Å²) in [6.07, 6.45) is -1.34. The number of rotatable bonds is 5. The van der Waals surface area contributed by atoms with Crippen LogP contribution in [0.3, 0.4) is 0 Å². The Bertz CT molecular complexity index is 645. The fourth-order valence-corrected chi connectivity index (χ4v) is 1.72. The van der Waals surface area contributed by atoms with Gasteiger partial charge in [-0.15, -0.1) is 5.06 Å². The van der Waals surface area contributed by atoms with E-state index in [1.54, 1.807) is 36.4 Å². The second kappa shape index (κ2) is 6.38. The summed E-state index contributed by atoms with van der Waals surface area (Å²) in [6.45, 7) is -0.249. The molecule has 0 aromatic heterocycles. The van der Waals surface area contributed by atoms with Crippen molar-refractivity contribution in [1.82, 2.24) is 5.06 Å². The lowest BCUT2D eigenvalue weighted by molar-refractivity contribution is -0.385. The summed E-state index contributed by atoms with van der Waals surface area (Å²) in [7, 11) is 0. The average Bonchev–Trinajstić information content (AvgIpc) is 2.48. The Morgan fingerprint density at radius 3 is 2.38 bits per heavy atom. The van der Waals surface area contributed by atoms with Crippen LogP contribution in [-0.4, -0.2) is 21.2 Å². The molecule has 0 radical (unpaired) electrons. The quantitative estimate of drug-likeness (QED) is 0.674. The molecule has 21 heavy (non-hydrogen) atoms. The molecule has 2 rings (SSSR count). The number of hydroxylamine groups is 2. The van der Waals surface area contributed by atoms with Crippen LogP contribution >= 0.6 is 0 Å². The third kappa shape index (κ3) is 3.69. The van der Waals surface area contributed by atoms with Gasteiger partial charge in [0.05, 0.1) is 17.0 Å². The second-order valence-electron chi connectivity index (χ2n) is 4.11. The highest BCUT2D eigenvalue weighted by atomic mass is 16.7. The third-order valence-corrected chi connectivity index (χ3v) is 2.67. The molecule has 108 valence electrons. The molecule has 7 nitrogen and oxygen atoms in total. The number of nitrogens with zero attached hydrogens (tertiary/aromatic N) is 2. The molecule has 7 heteroatoms. The Labute approximate surface area is 120 Å². The minimum atomic E-state index is -1.34.